The van der Waals surface area contributed by atoms with Gasteiger partial charge in [-0.05, 0) is 35.6 Å². The van der Waals surface area contributed by atoms with E-state index in [9.17, 15) is 0 Å². The van der Waals surface area contributed by atoms with Crippen molar-refractivity contribution in [2.45, 2.75) is 31.9 Å². The summed E-state index contributed by atoms with van der Waals surface area (Å²) in [7, 11) is 0. The van der Waals surface area contributed by atoms with Crippen molar-refractivity contribution < 1.29 is 4.74 Å². The summed E-state index contributed by atoms with van der Waals surface area (Å²) in [5.41, 5.74) is 7.36. The smallest absolute Gasteiger partial charge is 0.0976 e. The lowest BCUT2D eigenvalue weighted by Crippen LogP contribution is -2.30. The molecule has 2 aromatic rings. The van der Waals surface area contributed by atoms with Crippen LogP contribution in [0.3, 0.4) is 0 Å². The zero-order chi connectivity index (χ0) is 14.4. The minimum atomic E-state index is -0.0440. The molecule has 0 amide bonds. The predicted octanol–water partition coefficient (Wildman–Crippen LogP) is 4.55. The van der Waals surface area contributed by atoms with E-state index in [1.165, 1.54) is 4.88 Å². The fourth-order valence-corrected chi connectivity index (χ4v) is 3.21. The van der Waals surface area contributed by atoms with E-state index in [4.69, 9.17) is 10.5 Å². The molecule has 1 aromatic heterocycles. The van der Waals surface area contributed by atoms with Gasteiger partial charge in [0.15, 0.2) is 0 Å². The fraction of sp³-hybridized carbons (Fsp3) is 0.375. The van der Waals surface area contributed by atoms with Gasteiger partial charge in [-0.3, -0.25) is 0 Å². The third kappa shape index (κ3) is 4.42. The van der Waals surface area contributed by atoms with Crippen LogP contribution >= 0.6 is 27.3 Å². The summed E-state index contributed by atoms with van der Waals surface area (Å²) >= 11 is 5.27. The number of rotatable bonds is 7. The molecule has 2 rings (SSSR count). The molecule has 1 aromatic carbocycles. The third-order valence-corrected chi connectivity index (χ3v) is 4.69. The number of halogens is 1. The van der Waals surface area contributed by atoms with E-state index in [0.29, 0.717) is 6.61 Å². The molecule has 108 valence electrons. The van der Waals surface area contributed by atoms with Crippen molar-refractivity contribution in [3.05, 3.63) is 56.7 Å². The maximum atomic E-state index is 6.22. The van der Waals surface area contributed by atoms with Crippen molar-refractivity contribution in [1.29, 1.82) is 0 Å². The van der Waals surface area contributed by atoms with Crippen LogP contribution in [0.25, 0.3) is 0 Å². The van der Waals surface area contributed by atoms with Gasteiger partial charge in [0.25, 0.3) is 0 Å². The first kappa shape index (κ1) is 15.7. The summed E-state index contributed by atoms with van der Waals surface area (Å²) < 4.78 is 7.13. The van der Waals surface area contributed by atoms with Crippen molar-refractivity contribution in [3.63, 3.8) is 0 Å². The lowest BCUT2D eigenvalue weighted by molar-refractivity contribution is 0.0357. The molecule has 20 heavy (non-hydrogen) atoms. The number of hydrogen-bond acceptors (Lipinski definition) is 3. The third-order valence-electron chi connectivity index (χ3n) is 3.26. The van der Waals surface area contributed by atoms with Crippen LogP contribution in [-0.4, -0.2) is 12.6 Å². The molecule has 2 atom stereocenters. The van der Waals surface area contributed by atoms with E-state index < -0.39 is 0 Å². The van der Waals surface area contributed by atoms with E-state index >= 15 is 0 Å². The highest BCUT2D eigenvalue weighted by atomic mass is 79.9. The Kier molecular flexibility index (Phi) is 6.23. The molecule has 1 heterocycles. The van der Waals surface area contributed by atoms with Gasteiger partial charge in [0.05, 0.1) is 12.7 Å². The van der Waals surface area contributed by atoms with Crippen LogP contribution in [0.5, 0.6) is 0 Å². The molecule has 0 aliphatic rings. The van der Waals surface area contributed by atoms with Crippen molar-refractivity contribution in [3.8, 4) is 0 Å². The Morgan fingerprint density at radius 3 is 2.80 bits per heavy atom. The zero-order valence-corrected chi connectivity index (χ0v) is 14.0. The van der Waals surface area contributed by atoms with Crippen LogP contribution in [0.1, 0.15) is 29.9 Å². The number of nitrogens with two attached hydrogens (primary N) is 1. The Morgan fingerprint density at radius 2 is 2.15 bits per heavy atom. The first-order valence-electron chi connectivity index (χ1n) is 6.85. The first-order valence-corrected chi connectivity index (χ1v) is 8.53. The molecule has 0 radical (unpaired) electrons. The molecule has 4 heteroatoms. The van der Waals surface area contributed by atoms with Gasteiger partial charge in [0.2, 0.25) is 0 Å². The molecule has 0 fully saturated rings. The number of ether oxygens (including phenoxy) is 1. The summed E-state index contributed by atoms with van der Waals surface area (Å²) in [6, 6.07) is 12.4. The number of thiophene rings is 1. The Hall–Kier alpha value is -0.680. The van der Waals surface area contributed by atoms with Crippen LogP contribution in [0, 0.1) is 0 Å². The second kappa shape index (κ2) is 7.93. The second-order valence-electron chi connectivity index (χ2n) is 4.75. The molecule has 2 unspecified atom stereocenters. The molecule has 2 nitrogen and oxygen atoms in total. The minimum Gasteiger partial charge on any atom is -0.372 e. The van der Waals surface area contributed by atoms with E-state index in [1.54, 1.807) is 11.3 Å². The van der Waals surface area contributed by atoms with Crippen molar-refractivity contribution in [1.82, 2.24) is 0 Å². The van der Waals surface area contributed by atoms with Gasteiger partial charge in [0, 0.05) is 21.8 Å². The van der Waals surface area contributed by atoms with Gasteiger partial charge in [0.1, 0.15) is 0 Å². The normalized spacial score (nSPS) is 14.2. The van der Waals surface area contributed by atoms with Gasteiger partial charge in [-0.1, -0.05) is 41.1 Å². The molecule has 2 N–H and O–H groups in total. The Bertz CT molecular complexity index is 515. The average molecular weight is 354 g/mol. The lowest BCUT2D eigenvalue weighted by atomic mass is 10.0. The summed E-state index contributed by atoms with van der Waals surface area (Å²) in [5, 5.41) is 2.10. The Morgan fingerprint density at radius 1 is 1.30 bits per heavy atom. The Balaban J connectivity index is 2.00. The molecular formula is C16H20BrNOS. The SMILES string of the molecule is CCC(N)C(OCCc1cccs1)c1cccc(Br)c1. The highest BCUT2D eigenvalue weighted by Crippen LogP contribution is 2.25. The van der Waals surface area contributed by atoms with Crippen molar-refractivity contribution >= 4 is 27.3 Å². The van der Waals surface area contributed by atoms with Crippen LogP contribution in [0.4, 0.5) is 0 Å². The molecule has 0 saturated heterocycles. The summed E-state index contributed by atoms with van der Waals surface area (Å²) in [5.74, 6) is 0. The summed E-state index contributed by atoms with van der Waals surface area (Å²) in [4.78, 5) is 1.35. The average Bonchev–Trinajstić information content (AvgIpc) is 2.96. The summed E-state index contributed by atoms with van der Waals surface area (Å²) in [6.45, 7) is 2.80. The standard InChI is InChI=1S/C16H20BrNOS/c1-2-15(18)16(12-5-3-6-13(17)11-12)19-9-8-14-7-4-10-20-14/h3-7,10-11,15-16H,2,8-9,18H2,1H3. The molecule has 0 spiro atoms. The van der Waals surface area contributed by atoms with Gasteiger partial charge >= 0.3 is 0 Å². The topological polar surface area (TPSA) is 35.2 Å². The van der Waals surface area contributed by atoms with E-state index in [-0.39, 0.29) is 12.1 Å². The predicted molar refractivity (Wildman–Crippen MR) is 89.1 cm³/mol. The van der Waals surface area contributed by atoms with Crippen LogP contribution in [0.15, 0.2) is 46.3 Å². The molecule has 0 aliphatic carbocycles. The van der Waals surface area contributed by atoms with Crippen molar-refractivity contribution in [2.24, 2.45) is 5.73 Å². The highest BCUT2D eigenvalue weighted by molar-refractivity contribution is 9.10. The van der Waals surface area contributed by atoms with Crippen LogP contribution in [0.2, 0.25) is 0 Å². The highest BCUT2D eigenvalue weighted by Gasteiger charge is 2.19. The van der Waals surface area contributed by atoms with Crippen LogP contribution < -0.4 is 5.73 Å². The maximum Gasteiger partial charge on any atom is 0.0976 e. The van der Waals surface area contributed by atoms with Crippen molar-refractivity contribution in [2.75, 3.05) is 6.61 Å². The monoisotopic (exact) mass is 353 g/mol. The summed E-state index contributed by atoms with van der Waals surface area (Å²) in [6.07, 6.45) is 1.80. The van der Waals surface area contributed by atoms with Crippen LogP contribution in [-0.2, 0) is 11.2 Å². The van der Waals surface area contributed by atoms with Gasteiger partial charge in [-0.25, -0.2) is 0 Å². The molecule has 0 aliphatic heterocycles. The maximum absolute atomic E-state index is 6.22. The Labute approximate surface area is 133 Å². The quantitative estimate of drug-likeness (QED) is 0.792. The van der Waals surface area contributed by atoms with E-state index in [2.05, 4.69) is 52.5 Å². The first-order chi connectivity index (χ1) is 9.70. The van der Waals surface area contributed by atoms with Gasteiger partial charge in [-0.15, -0.1) is 11.3 Å². The molecule has 0 saturated carbocycles. The van der Waals surface area contributed by atoms with E-state index in [0.717, 1.165) is 22.9 Å². The lowest BCUT2D eigenvalue weighted by Gasteiger charge is -2.24. The fourth-order valence-electron chi connectivity index (χ4n) is 2.11. The minimum absolute atomic E-state index is 0.0210. The number of hydrogen-bond donors (Lipinski definition) is 1. The second-order valence-corrected chi connectivity index (χ2v) is 6.70. The van der Waals surface area contributed by atoms with Gasteiger partial charge in [-0.2, -0.15) is 0 Å². The van der Waals surface area contributed by atoms with E-state index in [1.807, 2.05) is 12.1 Å². The molecule has 0 bridgehead atoms. The largest absolute Gasteiger partial charge is 0.372 e. The van der Waals surface area contributed by atoms with Gasteiger partial charge < -0.3 is 10.5 Å². The zero-order valence-electron chi connectivity index (χ0n) is 11.6. The number of benzene rings is 1. The molecular weight excluding hydrogens is 334 g/mol.